The summed E-state index contributed by atoms with van der Waals surface area (Å²) in [5.41, 5.74) is 0.877. The maximum atomic E-state index is 12.0. The summed E-state index contributed by atoms with van der Waals surface area (Å²) in [6.45, 7) is 7.90. The van der Waals surface area contributed by atoms with E-state index in [1.807, 2.05) is 24.3 Å². The number of hydrogen-bond acceptors (Lipinski definition) is 5. The van der Waals surface area contributed by atoms with Crippen LogP contribution in [0.3, 0.4) is 0 Å². The molecule has 1 N–H and O–H groups in total. The van der Waals surface area contributed by atoms with Crippen LogP contribution >= 0.6 is 0 Å². The molecule has 1 aromatic rings. The third kappa shape index (κ3) is 5.36. The summed E-state index contributed by atoms with van der Waals surface area (Å²) in [6, 6.07) is 7.00. The first-order valence-electron chi connectivity index (χ1n) is 7.33. The van der Waals surface area contributed by atoms with Gasteiger partial charge in [-0.1, -0.05) is 26.0 Å². The molecule has 0 aliphatic rings. The average molecular weight is 294 g/mol. The van der Waals surface area contributed by atoms with Crippen LogP contribution in [0.25, 0.3) is 0 Å². The SMILES string of the molecule is CCN(CC)CCNC(C(=O)OC)c1ccc(OC)cc1. The molecule has 1 atom stereocenters. The summed E-state index contributed by atoms with van der Waals surface area (Å²) in [4.78, 5) is 14.3. The zero-order chi connectivity index (χ0) is 15.7. The second kappa shape index (κ2) is 9.37. The van der Waals surface area contributed by atoms with Crippen molar-refractivity contribution in [2.24, 2.45) is 0 Å². The normalized spacial score (nSPS) is 12.2. The van der Waals surface area contributed by atoms with Gasteiger partial charge in [-0.25, -0.2) is 4.79 Å². The summed E-state index contributed by atoms with van der Waals surface area (Å²) in [5, 5.41) is 3.27. The number of nitrogens with one attached hydrogen (secondary N) is 1. The number of nitrogens with zero attached hydrogens (tertiary/aromatic N) is 1. The van der Waals surface area contributed by atoms with E-state index in [1.54, 1.807) is 7.11 Å². The van der Waals surface area contributed by atoms with Crippen molar-refractivity contribution in [3.8, 4) is 5.75 Å². The summed E-state index contributed by atoms with van der Waals surface area (Å²) >= 11 is 0. The monoisotopic (exact) mass is 294 g/mol. The third-order valence-electron chi connectivity index (χ3n) is 3.56. The molecular weight excluding hydrogens is 268 g/mol. The fraction of sp³-hybridized carbons (Fsp3) is 0.562. The highest BCUT2D eigenvalue weighted by Crippen LogP contribution is 2.18. The Morgan fingerprint density at radius 2 is 1.81 bits per heavy atom. The highest BCUT2D eigenvalue weighted by Gasteiger charge is 2.20. The molecule has 0 radical (unpaired) electrons. The van der Waals surface area contributed by atoms with Crippen LogP contribution in [0.15, 0.2) is 24.3 Å². The number of ether oxygens (including phenoxy) is 2. The van der Waals surface area contributed by atoms with Crippen molar-refractivity contribution in [2.75, 3.05) is 40.4 Å². The summed E-state index contributed by atoms with van der Waals surface area (Å²) in [7, 11) is 3.03. The number of hydrogen-bond donors (Lipinski definition) is 1. The predicted molar refractivity (Wildman–Crippen MR) is 83.5 cm³/mol. The van der Waals surface area contributed by atoms with E-state index in [4.69, 9.17) is 9.47 Å². The van der Waals surface area contributed by atoms with Crippen LogP contribution in [0.2, 0.25) is 0 Å². The molecule has 118 valence electrons. The van der Waals surface area contributed by atoms with E-state index in [0.717, 1.165) is 37.5 Å². The quantitative estimate of drug-likeness (QED) is 0.704. The lowest BCUT2D eigenvalue weighted by Gasteiger charge is -2.21. The van der Waals surface area contributed by atoms with Gasteiger partial charge < -0.3 is 14.4 Å². The molecule has 0 aliphatic heterocycles. The minimum Gasteiger partial charge on any atom is -0.497 e. The molecule has 0 heterocycles. The van der Waals surface area contributed by atoms with E-state index < -0.39 is 6.04 Å². The van der Waals surface area contributed by atoms with Crippen LogP contribution < -0.4 is 10.1 Å². The summed E-state index contributed by atoms with van der Waals surface area (Å²) < 4.78 is 10.0. The Bertz CT molecular complexity index is 416. The topological polar surface area (TPSA) is 50.8 Å². The maximum Gasteiger partial charge on any atom is 0.327 e. The van der Waals surface area contributed by atoms with Gasteiger partial charge in [0.1, 0.15) is 11.8 Å². The molecule has 5 nitrogen and oxygen atoms in total. The van der Waals surface area contributed by atoms with Gasteiger partial charge in [0.25, 0.3) is 0 Å². The van der Waals surface area contributed by atoms with Gasteiger partial charge in [-0.2, -0.15) is 0 Å². The first kappa shape index (κ1) is 17.5. The highest BCUT2D eigenvalue weighted by atomic mass is 16.5. The van der Waals surface area contributed by atoms with Crippen LogP contribution in [0, 0.1) is 0 Å². The largest absolute Gasteiger partial charge is 0.497 e. The fourth-order valence-electron chi connectivity index (χ4n) is 2.16. The minimum absolute atomic E-state index is 0.278. The van der Waals surface area contributed by atoms with Crippen molar-refractivity contribution in [1.29, 1.82) is 0 Å². The van der Waals surface area contributed by atoms with Gasteiger partial charge in [0.05, 0.1) is 14.2 Å². The van der Waals surface area contributed by atoms with E-state index in [2.05, 4.69) is 24.1 Å². The molecule has 0 spiro atoms. The van der Waals surface area contributed by atoms with Crippen LogP contribution in [0.5, 0.6) is 5.75 Å². The van der Waals surface area contributed by atoms with Crippen molar-refractivity contribution in [1.82, 2.24) is 10.2 Å². The standard InChI is InChI=1S/C16H26N2O3/c1-5-18(6-2)12-11-17-15(16(19)21-4)13-7-9-14(20-3)10-8-13/h7-10,15,17H,5-6,11-12H2,1-4H3. The number of carbonyl (C=O) groups excluding carboxylic acids is 1. The van der Waals surface area contributed by atoms with Crippen LogP contribution in [0.1, 0.15) is 25.5 Å². The first-order chi connectivity index (χ1) is 10.2. The molecule has 0 amide bonds. The van der Waals surface area contributed by atoms with Crippen LogP contribution in [-0.2, 0) is 9.53 Å². The highest BCUT2D eigenvalue weighted by molar-refractivity contribution is 5.77. The Morgan fingerprint density at radius 1 is 1.19 bits per heavy atom. The number of esters is 1. The molecule has 5 heteroatoms. The van der Waals surface area contributed by atoms with Crippen molar-refractivity contribution >= 4 is 5.97 Å². The van der Waals surface area contributed by atoms with Crippen molar-refractivity contribution < 1.29 is 14.3 Å². The van der Waals surface area contributed by atoms with Gasteiger partial charge in [0.15, 0.2) is 0 Å². The Labute approximate surface area is 127 Å². The number of rotatable bonds is 9. The third-order valence-corrected chi connectivity index (χ3v) is 3.56. The van der Waals surface area contributed by atoms with Crippen molar-refractivity contribution in [2.45, 2.75) is 19.9 Å². The lowest BCUT2D eigenvalue weighted by atomic mass is 10.1. The van der Waals surface area contributed by atoms with Gasteiger partial charge in [-0.15, -0.1) is 0 Å². The van der Waals surface area contributed by atoms with Crippen LogP contribution in [-0.4, -0.2) is 51.3 Å². The minimum atomic E-state index is -0.448. The first-order valence-corrected chi connectivity index (χ1v) is 7.33. The zero-order valence-electron chi connectivity index (χ0n) is 13.4. The fourth-order valence-corrected chi connectivity index (χ4v) is 2.16. The summed E-state index contributed by atoms with van der Waals surface area (Å²) in [5.74, 6) is 0.491. The molecule has 1 aromatic carbocycles. The maximum absolute atomic E-state index is 12.0. The van der Waals surface area contributed by atoms with Gasteiger partial charge >= 0.3 is 5.97 Å². The molecule has 0 saturated carbocycles. The van der Waals surface area contributed by atoms with E-state index in [1.165, 1.54) is 7.11 Å². The number of benzene rings is 1. The molecule has 0 saturated heterocycles. The number of carbonyl (C=O) groups is 1. The summed E-state index contributed by atoms with van der Waals surface area (Å²) in [6.07, 6.45) is 0. The van der Waals surface area contributed by atoms with Gasteiger partial charge in [-0.05, 0) is 30.8 Å². The molecule has 1 unspecified atom stereocenters. The lowest BCUT2D eigenvalue weighted by molar-refractivity contribution is -0.143. The Balaban J connectivity index is 2.69. The van der Waals surface area contributed by atoms with E-state index in [9.17, 15) is 4.79 Å². The smallest absolute Gasteiger partial charge is 0.327 e. The molecule has 1 rings (SSSR count). The van der Waals surface area contributed by atoms with E-state index in [0.29, 0.717) is 0 Å². The molecule has 21 heavy (non-hydrogen) atoms. The number of methoxy groups -OCH3 is 2. The molecule has 0 aliphatic carbocycles. The van der Waals surface area contributed by atoms with Gasteiger partial charge in [-0.3, -0.25) is 5.32 Å². The lowest BCUT2D eigenvalue weighted by Crippen LogP contribution is -2.36. The van der Waals surface area contributed by atoms with E-state index in [-0.39, 0.29) is 5.97 Å². The van der Waals surface area contributed by atoms with Gasteiger partial charge in [0.2, 0.25) is 0 Å². The molecule has 0 aromatic heterocycles. The predicted octanol–water partition coefficient (Wildman–Crippen LogP) is 1.84. The Morgan fingerprint density at radius 3 is 2.29 bits per heavy atom. The van der Waals surface area contributed by atoms with Gasteiger partial charge in [0, 0.05) is 13.1 Å². The second-order valence-corrected chi connectivity index (χ2v) is 4.71. The average Bonchev–Trinajstić information content (AvgIpc) is 2.54. The second-order valence-electron chi connectivity index (χ2n) is 4.71. The van der Waals surface area contributed by atoms with Crippen molar-refractivity contribution in [3.05, 3.63) is 29.8 Å². The zero-order valence-corrected chi connectivity index (χ0v) is 13.4. The van der Waals surface area contributed by atoms with Crippen molar-refractivity contribution in [3.63, 3.8) is 0 Å². The molecule has 0 bridgehead atoms. The van der Waals surface area contributed by atoms with Crippen LogP contribution in [0.4, 0.5) is 0 Å². The number of likely N-dealkylation sites (N-methyl/N-ethyl adjacent to an activating group) is 1. The molecular formula is C16H26N2O3. The Kier molecular flexibility index (Phi) is 7.79. The molecule has 0 fully saturated rings. The van der Waals surface area contributed by atoms with E-state index >= 15 is 0 Å². The Hall–Kier alpha value is -1.59.